The third kappa shape index (κ3) is 1.94. The van der Waals surface area contributed by atoms with Gasteiger partial charge in [0.05, 0.1) is 11.7 Å². The third-order valence-electron chi connectivity index (χ3n) is 2.83. The molecular formula is C14H13N3O. The zero-order chi connectivity index (χ0) is 12.4. The molecule has 4 nitrogen and oxygen atoms in total. The smallest absolute Gasteiger partial charge is 0.131 e. The van der Waals surface area contributed by atoms with E-state index >= 15 is 0 Å². The van der Waals surface area contributed by atoms with E-state index in [1.807, 2.05) is 42.5 Å². The Balaban J connectivity index is 1.95. The van der Waals surface area contributed by atoms with Crippen molar-refractivity contribution in [1.82, 2.24) is 10.2 Å². The average molecular weight is 239 g/mol. The minimum atomic E-state index is 0.462. The summed E-state index contributed by atoms with van der Waals surface area (Å²) >= 11 is 0. The zero-order valence-electron chi connectivity index (χ0n) is 9.76. The topological polar surface area (TPSA) is 63.9 Å². The Morgan fingerprint density at radius 2 is 2.06 bits per heavy atom. The summed E-state index contributed by atoms with van der Waals surface area (Å²) in [5, 5.41) is 7.92. The zero-order valence-corrected chi connectivity index (χ0v) is 9.76. The summed E-state index contributed by atoms with van der Waals surface area (Å²) in [5.41, 5.74) is 7.67. The van der Waals surface area contributed by atoms with Crippen LogP contribution in [0.1, 0.15) is 5.56 Å². The normalized spacial score (nSPS) is 10.7. The molecule has 0 saturated carbocycles. The van der Waals surface area contributed by atoms with Gasteiger partial charge in [-0.2, -0.15) is 5.10 Å². The van der Waals surface area contributed by atoms with Crippen molar-refractivity contribution in [3.63, 3.8) is 0 Å². The van der Waals surface area contributed by atoms with Crippen molar-refractivity contribution in [1.29, 1.82) is 0 Å². The van der Waals surface area contributed by atoms with Crippen LogP contribution < -0.4 is 10.5 Å². The van der Waals surface area contributed by atoms with Gasteiger partial charge in [0.2, 0.25) is 0 Å². The summed E-state index contributed by atoms with van der Waals surface area (Å²) in [6.45, 7) is 0.462. The molecule has 0 aliphatic heterocycles. The Bertz CT molecular complexity index is 675. The maximum absolute atomic E-state index is 5.86. The Labute approximate surface area is 104 Å². The highest BCUT2D eigenvalue weighted by Crippen LogP contribution is 2.27. The van der Waals surface area contributed by atoms with E-state index in [4.69, 9.17) is 10.5 Å². The summed E-state index contributed by atoms with van der Waals surface area (Å²) < 4.78 is 5.86. The Kier molecular flexibility index (Phi) is 2.70. The van der Waals surface area contributed by atoms with Crippen molar-refractivity contribution in [2.75, 3.05) is 0 Å². The molecule has 0 aliphatic rings. The van der Waals surface area contributed by atoms with E-state index in [0.717, 1.165) is 28.0 Å². The Hall–Kier alpha value is -2.33. The molecule has 90 valence electrons. The molecule has 18 heavy (non-hydrogen) atoms. The number of aromatic amines is 1. The van der Waals surface area contributed by atoms with Gasteiger partial charge in [0.1, 0.15) is 11.5 Å². The van der Waals surface area contributed by atoms with Gasteiger partial charge in [-0.05, 0) is 24.3 Å². The molecule has 0 spiro atoms. The summed E-state index contributed by atoms with van der Waals surface area (Å²) in [6, 6.07) is 13.6. The van der Waals surface area contributed by atoms with Crippen LogP contribution in [0, 0.1) is 0 Å². The Morgan fingerprint density at radius 1 is 1.17 bits per heavy atom. The fourth-order valence-electron chi connectivity index (χ4n) is 1.88. The molecule has 3 rings (SSSR count). The molecule has 0 amide bonds. The number of fused-ring (bicyclic) bond motifs is 1. The Morgan fingerprint density at radius 3 is 2.94 bits per heavy atom. The molecule has 4 heteroatoms. The van der Waals surface area contributed by atoms with Gasteiger partial charge in [-0.25, -0.2) is 0 Å². The first-order chi connectivity index (χ1) is 8.86. The van der Waals surface area contributed by atoms with Crippen molar-refractivity contribution in [2.24, 2.45) is 5.73 Å². The lowest BCUT2D eigenvalue weighted by Gasteiger charge is -2.09. The molecule has 0 atom stereocenters. The lowest BCUT2D eigenvalue weighted by Crippen LogP contribution is -1.98. The third-order valence-corrected chi connectivity index (χ3v) is 2.83. The molecule has 2 aromatic carbocycles. The van der Waals surface area contributed by atoms with Crippen molar-refractivity contribution < 1.29 is 4.74 Å². The van der Waals surface area contributed by atoms with Crippen molar-refractivity contribution in [3.8, 4) is 11.5 Å². The second-order valence-corrected chi connectivity index (χ2v) is 4.03. The van der Waals surface area contributed by atoms with Gasteiger partial charge >= 0.3 is 0 Å². The predicted octanol–water partition coefficient (Wildman–Crippen LogP) is 2.81. The number of nitrogens with one attached hydrogen (secondary N) is 1. The summed E-state index contributed by atoms with van der Waals surface area (Å²) in [7, 11) is 0. The SMILES string of the molecule is NCc1ccccc1Oc1ccc2[nH]ncc2c1. The number of aromatic nitrogens is 2. The second-order valence-electron chi connectivity index (χ2n) is 4.03. The lowest BCUT2D eigenvalue weighted by molar-refractivity contribution is 0.477. The van der Waals surface area contributed by atoms with Gasteiger partial charge in [-0.1, -0.05) is 18.2 Å². The number of rotatable bonds is 3. The number of hydrogen-bond acceptors (Lipinski definition) is 3. The van der Waals surface area contributed by atoms with E-state index in [1.54, 1.807) is 6.20 Å². The van der Waals surface area contributed by atoms with Crippen molar-refractivity contribution in [2.45, 2.75) is 6.54 Å². The molecular weight excluding hydrogens is 226 g/mol. The van der Waals surface area contributed by atoms with E-state index in [1.165, 1.54) is 0 Å². The highest BCUT2D eigenvalue weighted by atomic mass is 16.5. The van der Waals surface area contributed by atoms with E-state index in [9.17, 15) is 0 Å². The molecule has 1 heterocycles. The largest absolute Gasteiger partial charge is 0.457 e. The van der Waals surface area contributed by atoms with Gasteiger partial charge in [0, 0.05) is 17.5 Å². The number of nitrogens with zero attached hydrogens (tertiary/aromatic N) is 1. The van der Waals surface area contributed by atoms with Gasteiger partial charge in [-0.3, -0.25) is 5.10 Å². The molecule has 0 aliphatic carbocycles. The van der Waals surface area contributed by atoms with Crippen LogP contribution >= 0.6 is 0 Å². The minimum Gasteiger partial charge on any atom is -0.457 e. The number of nitrogens with two attached hydrogens (primary N) is 1. The molecule has 1 aromatic heterocycles. The van der Waals surface area contributed by atoms with Crippen LogP contribution in [0.5, 0.6) is 11.5 Å². The number of ether oxygens (including phenoxy) is 1. The van der Waals surface area contributed by atoms with E-state index in [0.29, 0.717) is 6.54 Å². The maximum atomic E-state index is 5.86. The molecule has 3 N–H and O–H groups in total. The minimum absolute atomic E-state index is 0.462. The van der Waals surface area contributed by atoms with Crippen molar-refractivity contribution >= 4 is 10.9 Å². The number of benzene rings is 2. The summed E-state index contributed by atoms with van der Waals surface area (Å²) in [5.74, 6) is 1.58. The molecule has 0 unspecified atom stereocenters. The maximum Gasteiger partial charge on any atom is 0.131 e. The van der Waals surface area contributed by atoms with Crippen LogP contribution in [0.15, 0.2) is 48.7 Å². The van der Waals surface area contributed by atoms with Gasteiger partial charge in [0.25, 0.3) is 0 Å². The van der Waals surface area contributed by atoms with Crippen LogP contribution in [0.4, 0.5) is 0 Å². The van der Waals surface area contributed by atoms with Crippen LogP contribution in [0.2, 0.25) is 0 Å². The van der Waals surface area contributed by atoms with Crippen molar-refractivity contribution in [3.05, 3.63) is 54.2 Å². The quantitative estimate of drug-likeness (QED) is 0.738. The number of H-pyrrole nitrogens is 1. The summed E-state index contributed by atoms with van der Waals surface area (Å²) in [4.78, 5) is 0. The van der Waals surface area contributed by atoms with Gasteiger partial charge < -0.3 is 10.5 Å². The van der Waals surface area contributed by atoms with Gasteiger partial charge in [-0.15, -0.1) is 0 Å². The lowest BCUT2D eigenvalue weighted by atomic mass is 10.2. The van der Waals surface area contributed by atoms with Crippen LogP contribution in [-0.4, -0.2) is 10.2 Å². The first-order valence-corrected chi connectivity index (χ1v) is 5.76. The van der Waals surface area contributed by atoms with Gasteiger partial charge in [0.15, 0.2) is 0 Å². The molecule has 3 aromatic rings. The average Bonchev–Trinajstić information content (AvgIpc) is 2.87. The first kappa shape index (κ1) is 10.8. The van der Waals surface area contributed by atoms with Crippen LogP contribution in [0.25, 0.3) is 10.9 Å². The highest BCUT2D eigenvalue weighted by Gasteiger charge is 2.04. The standard InChI is InChI=1S/C14H13N3O/c15-8-10-3-1-2-4-14(10)18-12-5-6-13-11(7-12)9-16-17-13/h1-7,9H,8,15H2,(H,16,17). The van der Waals surface area contributed by atoms with Crippen LogP contribution in [0.3, 0.4) is 0 Å². The van der Waals surface area contributed by atoms with E-state index in [-0.39, 0.29) is 0 Å². The predicted molar refractivity (Wildman–Crippen MR) is 70.5 cm³/mol. The van der Waals surface area contributed by atoms with Crippen LogP contribution in [-0.2, 0) is 6.54 Å². The fourth-order valence-corrected chi connectivity index (χ4v) is 1.88. The highest BCUT2D eigenvalue weighted by molar-refractivity contribution is 5.79. The second kappa shape index (κ2) is 4.50. The number of para-hydroxylation sites is 1. The monoisotopic (exact) mass is 239 g/mol. The first-order valence-electron chi connectivity index (χ1n) is 5.76. The van der Waals surface area contributed by atoms with E-state index < -0.39 is 0 Å². The van der Waals surface area contributed by atoms with E-state index in [2.05, 4.69) is 10.2 Å². The molecule has 0 fully saturated rings. The number of hydrogen-bond donors (Lipinski definition) is 2. The fraction of sp³-hybridized carbons (Fsp3) is 0.0714. The summed E-state index contributed by atoms with van der Waals surface area (Å²) in [6.07, 6.45) is 1.77. The molecule has 0 saturated heterocycles. The molecule has 0 bridgehead atoms. The molecule has 0 radical (unpaired) electrons.